The van der Waals surface area contributed by atoms with Gasteiger partial charge in [-0.05, 0) is 49.7 Å². The zero-order valence-electron chi connectivity index (χ0n) is 13.4. The Balaban J connectivity index is 2.17. The molecule has 0 unspecified atom stereocenters. The van der Waals surface area contributed by atoms with Crippen LogP contribution in [0, 0.1) is 0 Å². The van der Waals surface area contributed by atoms with Crippen molar-refractivity contribution in [2.75, 3.05) is 5.32 Å². The molecule has 1 amide bonds. The number of aromatic carboxylic acids is 1. The number of halogens is 1. The minimum absolute atomic E-state index is 0.0534. The van der Waals surface area contributed by atoms with Gasteiger partial charge in [-0.3, -0.25) is 4.79 Å². The lowest BCUT2D eigenvalue weighted by atomic mass is 10.1. The molecule has 0 bridgehead atoms. The smallest absolute Gasteiger partial charge is 0.337 e. The topological polar surface area (TPSA) is 75.6 Å². The van der Waals surface area contributed by atoms with E-state index < -0.39 is 5.97 Å². The van der Waals surface area contributed by atoms with Crippen LogP contribution in [0.4, 0.5) is 5.69 Å². The van der Waals surface area contributed by atoms with Crippen LogP contribution in [0.5, 0.6) is 5.75 Å². The summed E-state index contributed by atoms with van der Waals surface area (Å²) in [6.45, 7) is 3.97. The van der Waals surface area contributed by atoms with Crippen LogP contribution in [0.3, 0.4) is 0 Å². The van der Waals surface area contributed by atoms with Crippen molar-refractivity contribution >= 4 is 29.2 Å². The predicted octanol–water partition coefficient (Wildman–Crippen LogP) is 4.47. The summed E-state index contributed by atoms with van der Waals surface area (Å²) in [6, 6.07) is 11.1. The Morgan fingerprint density at radius 3 is 2.67 bits per heavy atom. The Morgan fingerprint density at radius 1 is 1.25 bits per heavy atom. The van der Waals surface area contributed by atoms with E-state index in [1.165, 1.54) is 12.1 Å². The fourth-order valence-corrected chi connectivity index (χ4v) is 2.19. The summed E-state index contributed by atoms with van der Waals surface area (Å²) in [5.41, 5.74) is 0.709. The van der Waals surface area contributed by atoms with Crippen LogP contribution in [0.1, 0.15) is 41.0 Å². The van der Waals surface area contributed by atoms with Gasteiger partial charge in [-0.2, -0.15) is 0 Å². The molecule has 1 atom stereocenters. The van der Waals surface area contributed by atoms with Crippen molar-refractivity contribution in [2.45, 2.75) is 26.4 Å². The Hall–Kier alpha value is -2.53. The van der Waals surface area contributed by atoms with Crippen LogP contribution in [0.2, 0.25) is 5.02 Å². The molecule has 0 heterocycles. The summed E-state index contributed by atoms with van der Waals surface area (Å²) in [7, 11) is 0. The zero-order chi connectivity index (χ0) is 17.7. The van der Waals surface area contributed by atoms with E-state index in [0.717, 1.165) is 6.42 Å². The summed E-state index contributed by atoms with van der Waals surface area (Å²) in [5, 5.41) is 11.8. The summed E-state index contributed by atoms with van der Waals surface area (Å²) in [5.74, 6) is -0.900. The molecule has 2 aromatic carbocycles. The van der Waals surface area contributed by atoms with E-state index in [-0.39, 0.29) is 22.6 Å². The molecule has 0 aromatic heterocycles. The largest absolute Gasteiger partial charge is 0.491 e. The monoisotopic (exact) mass is 347 g/mol. The number of carbonyl (C=O) groups is 2. The molecule has 2 aromatic rings. The van der Waals surface area contributed by atoms with Gasteiger partial charge in [-0.25, -0.2) is 4.79 Å². The van der Waals surface area contributed by atoms with Gasteiger partial charge in [0.05, 0.1) is 16.7 Å². The number of benzene rings is 2. The molecule has 0 aliphatic carbocycles. The third kappa shape index (κ3) is 4.49. The van der Waals surface area contributed by atoms with Crippen molar-refractivity contribution in [1.29, 1.82) is 0 Å². The first-order chi connectivity index (χ1) is 11.4. The molecule has 0 aliphatic heterocycles. The average molecular weight is 348 g/mol. The summed E-state index contributed by atoms with van der Waals surface area (Å²) in [4.78, 5) is 23.4. The minimum atomic E-state index is -1.15. The molecule has 5 nitrogen and oxygen atoms in total. The third-order valence-corrected chi connectivity index (χ3v) is 3.79. The second-order valence-corrected chi connectivity index (χ2v) is 5.73. The molecule has 126 valence electrons. The van der Waals surface area contributed by atoms with Gasteiger partial charge < -0.3 is 15.2 Å². The molecule has 0 spiro atoms. The second kappa shape index (κ2) is 7.84. The molecule has 24 heavy (non-hydrogen) atoms. The number of ether oxygens (including phenoxy) is 1. The first-order valence-electron chi connectivity index (χ1n) is 7.51. The van der Waals surface area contributed by atoms with Crippen molar-refractivity contribution in [3.8, 4) is 5.75 Å². The van der Waals surface area contributed by atoms with Gasteiger partial charge in [-0.15, -0.1) is 0 Å². The number of carbonyl (C=O) groups excluding carboxylic acids is 1. The van der Waals surface area contributed by atoms with Gasteiger partial charge in [0.15, 0.2) is 0 Å². The highest BCUT2D eigenvalue weighted by atomic mass is 35.5. The van der Waals surface area contributed by atoms with Crippen LogP contribution in [0.25, 0.3) is 0 Å². The predicted molar refractivity (Wildman–Crippen MR) is 93.2 cm³/mol. The lowest BCUT2D eigenvalue weighted by Crippen LogP contribution is -2.14. The number of rotatable bonds is 6. The van der Waals surface area contributed by atoms with Gasteiger partial charge in [0.2, 0.25) is 0 Å². The molecule has 0 fully saturated rings. The van der Waals surface area contributed by atoms with E-state index in [2.05, 4.69) is 5.32 Å². The van der Waals surface area contributed by atoms with E-state index in [1.807, 2.05) is 13.8 Å². The van der Waals surface area contributed by atoms with Gasteiger partial charge in [-0.1, -0.05) is 24.6 Å². The van der Waals surface area contributed by atoms with E-state index in [1.54, 1.807) is 30.3 Å². The molecule has 0 saturated heterocycles. The zero-order valence-corrected chi connectivity index (χ0v) is 14.1. The highest BCUT2D eigenvalue weighted by molar-refractivity contribution is 6.33. The SMILES string of the molecule is CC[C@H](C)Oc1cccc(C(=O)Nc2ccc(Cl)c(C(=O)O)c2)c1. The van der Waals surface area contributed by atoms with Crippen LogP contribution < -0.4 is 10.1 Å². The maximum Gasteiger partial charge on any atom is 0.337 e. The number of nitrogens with one attached hydrogen (secondary N) is 1. The summed E-state index contributed by atoms with van der Waals surface area (Å²) < 4.78 is 5.70. The number of anilines is 1. The van der Waals surface area contributed by atoms with Crippen LogP contribution in [-0.4, -0.2) is 23.1 Å². The van der Waals surface area contributed by atoms with E-state index in [0.29, 0.717) is 17.0 Å². The normalized spacial score (nSPS) is 11.6. The first-order valence-corrected chi connectivity index (χ1v) is 7.89. The molecule has 0 saturated carbocycles. The average Bonchev–Trinajstić information content (AvgIpc) is 2.56. The first kappa shape index (κ1) is 17.8. The van der Waals surface area contributed by atoms with Crippen molar-refractivity contribution in [3.63, 3.8) is 0 Å². The fraction of sp³-hybridized carbons (Fsp3) is 0.222. The molecular formula is C18H18ClNO4. The quantitative estimate of drug-likeness (QED) is 0.808. The number of carboxylic acids is 1. The van der Waals surface area contributed by atoms with Crippen molar-refractivity contribution in [1.82, 2.24) is 0 Å². The van der Waals surface area contributed by atoms with Crippen LogP contribution in [0.15, 0.2) is 42.5 Å². The van der Waals surface area contributed by atoms with Crippen molar-refractivity contribution in [3.05, 3.63) is 58.6 Å². The van der Waals surface area contributed by atoms with Gasteiger partial charge in [0, 0.05) is 11.3 Å². The highest BCUT2D eigenvalue weighted by Crippen LogP contribution is 2.22. The van der Waals surface area contributed by atoms with Gasteiger partial charge in [0.25, 0.3) is 5.91 Å². The van der Waals surface area contributed by atoms with E-state index >= 15 is 0 Å². The Labute approximate surface area is 145 Å². The number of hydrogen-bond acceptors (Lipinski definition) is 3. The molecule has 0 aliphatic rings. The lowest BCUT2D eigenvalue weighted by molar-refractivity contribution is 0.0696. The highest BCUT2D eigenvalue weighted by Gasteiger charge is 2.12. The van der Waals surface area contributed by atoms with E-state index in [4.69, 9.17) is 21.4 Å². The fourth-order valence-electron chi connectivity index (χ4n) is 2.00. The lowest BCUT2D eigenvalue weighted by Gasteiger charge is -2.13. The Kier molecular flexibility index (Phi) is 5.82. The van der Waals surface area contributed by atoms with E-state index in [9.17, 15) is 9.59 Å². The Morgan fingerprint density at radius 2 is 2.00 bits per heavy atom. The third-order valence-electron chi connectivity index (χ3n) is 3.46. The van der Waals surface area contributed by atoms with Crippen molar-refractivity contribution in [2.24, 2.45) is 0 Å². The summed E-state index contributed by atoms with van der Waals surface area (Å²) in [6.07, 6.45) is 0.914. The molecule has 0 radical (unpaired) electrons. The van der Waals surface area contributed by atoms with Gasteiger partial charge in [0.1, 0.15) is 5.75 Å². The maximum absolute atomic E-state index is 12.3. The number of carboxylic acid groups (broad SMARTS) is 1. The standard InChI is InChI=1S/C18H18ClNO4/c1-3-11(2)24-14-6-4-5-12(9-14)17(21)20-13-7-8-16(19)15(10-13)18(22)23/h4-11H,3H2,1-2H3,(H,20,21)(H,22,23)/t11-/m0/s1. The number of hydrogen-bond donors (Lipinski definition) is 2. The Bertz CT molecular complexity index is 760. The molecular weight excluding hydrogens is 330 g/mol. The minimum Gasteiger partial charge on any atom is -0.491 e. The second-order valence-electron chi connectivity index (χ2n) is 5.32. The van der Waals surface area contributed by atoms with Crippen molar-refractivity contribution < 1.29 is 19.4 Å². The molecule has 2 rings (SSSR count). The van der Waals surface area contributed by atoms with Crippen LogP contribution in [-0.2, 0) is 0 Å². The van der Waals surface area contributed by atoms with Crippen LogP contribution >= 0.6 is 11.6 Å². The molecule has 2 N–H and O–H groups in total. The molecule has 6 heteroatoms. The maximum atomic E-state index is 12.3. The summed E-state index contributed by atoms with van der Waals surface area (Å²) >= 11 is 5.82. The number of amides is 1. The van der Waals surface area contributed by atoms with Gasteiger partial charge >= 0.3 is 5.97 Å².